The lowest BCUT2D eigenvalue weighted by Crippen LogP contribution is -2.11. The van der Waals surface area contributed by atoms with Crippen molar-refractivity contribution >= 4 is 50.2 Å². The van der Waals surface area contributed by atoms with Crippen LogP contribution >= 0.6 is 39.5 Å². The highest BCUT2D eigenvalue weighted by Gasteiger charge is 2.11. The lowest BCUT2D eigenvalue weighted by atomic mass is 10.2. The first-order chi connectivity index (χ1) is 9.51. The van der Waals surface area contributed by atoms with E-state index < -0.39 is 0 Å². The Morgan fingerprint density at radius 1 is 1.55 bits per heavy atom. The van der Waals surface area contributed by atoms with Crippen LogP contribution in [-0.2, 0) is 6.42 Å². The molecule has 3 N–H and O–H groups in total. The number of thiazole rings is 1. The number of aromatic nitrogens is 1. The molecule has 2 aromatic rings. The zero-order valence-electron chi connectivity index (χ0n) is 11.3. The Hall–Kier alpha value is -0.980. The van der Waals surface area contributed by atoms with Gasteiger partial charge in [0.2, 0.25) is 0 Å². The van der Waals surface area contributed by atoms with E-state index in [0.29, 0.717) is 4.99 Å². The van der Waals surface area contributed by atoms with Crippen LogP contribution in [0, 0.1) is 0 Å². The third kappa shape index (κ3) is 3.56. The van der Waals surface area contributed by atoms with E-state index in [0.717, 1.165) is 27.2 Å². The van der Waals surface area contributed by atoms with Gasteiger partial charge in [0.15, 0.2) is 0 Å². The molecule has 0 spiro atoms. The van der Waals surface area contributed by atoms with Crippen molar-refractivity contribution in [2.45, 2.75) is 26.3 Å². The zero-order valence-corrected chi connectivity index (χ0v) is 14.5. The van der Waals surface area contributed by atoms with Gasteiger partial charge in [-0.2, -0.15) is 0 Å². The van der Waals surface area contributed by atoms with Gasteiger partial charge < -0.3 is 11.1 Å². The lowest BCUT2D eigenvalue weighted by Gasteiger charge is -2.14. The first kappa shape index (κ1) is 15.4. The highest BCUT2D eigenvalue weighted by molar-refractivity contribution is 9.10. The summed E-state index contributed by atoms with van der Waals surface area (Å²) in [5.74, 6) is 0. The number of anilines is 1. The maximum Gasteiger partial charge on any atom is 0.115 e. The molecule has 3 nitrogen and oxygen atoms in total. The van der Waals surface area contributed by atoms with Crippen LogP contribution in [0.25, 0.3) is 0 Å². The standard InChI is InChI=1S/C14H16BrN3S2/c1-3-10-7-17-14(20-10)8(2)18-9-4-5-11(13(16)19)12(15)6-9/h4-8,18H,3H2,1-2H3,(H2,16,19). The van der Waals surface area contributed by atoms with Crippen molar-refractivity contribution in [3.63, 3.8) is 0 Å². The second-order valence-corrected chi connectivity index (χ2v) is 6.88. The SMILES string of the molecule is CCc1cnc(C(C)Nc2ccc(C(N)=S)c(Br)c2)s1. The predicted molar refractivity (Wildman–Crippen MR) is 93.6 cm³/mol. The van der Waals surface area contributed by atoms with Crippen LogP contribution in [0.15, 0.2) is 28.9 Å². The molecule has 1 atom stereocenters. The van der Waals surface area contributed by atoms with Crippen LogP contribution in [0.1, 0.15) is 35.3 Å². The minimum absolute atomic E-state index is 0.169. The molecule has 2 rings (SSSR count). The molecule has 0 aliphatic heterocycles. The fraction of sp³-hybridized carbons (Fsp3) is 0.286. The first-order valence-electron chi connectivity index (χ1n) is 6.31. The number of aryl methyl sites for hydroxylation is 1. The smallest absolute Gasteiger partial charge is 0.115 e. The Morgan fingerprint density at radius 2 is 2.30 bits per heavy atom. The molecule has 0 aliphatic carbocycles. The Kier molecular flexibility index (Phi) is 5.12. The summed E-state index contributed by atoms with van der Waals surface area (Å²) in [6, 6.07) is 6.05. The minimum atomic E-state index is 0.169. The Morgan fingerprint density at radius 3 is 2.85 bits per heavy atom. The summed E-state index contributed by atoms with van der Waals surface area (Å²) in [5, 5.41) is 4.53. The van der Waals surface area contributed by atoms with E-state index in [1.54, 1.807) is 11.3 Å². The van der Waals surface area contributed by atoms with Crippen LogP contribution < -0.4 is 11.1 Å². The second-order valence-electron chi connectivity index (χ2n) is 4.44. The molecule has 0 aliphatic rings. The van der Waals surface area contributed by atoms with Crippen molar-refractivity contribution in [3.05, 3.63) is 44.3 Å². The van der Waals surface area contributed by atoms with Crippen molar-refractivity contribution in [1.82, 2.24) is 4.98 Å². The van der Waals surface area contributed by atoms with E-state index >= 15 is 0 Å². The summed E-state index contributed by atoms with van der Waals surface area (Å²) in [6.45, 7) is 4.24. The molecule has 6 heteroatoms. The largest absolute Gasteiger partial charge is 0.389 e. The average Bonchev–Trinajstić information content (AvgIpc) is 2.87. The number of thiocarbonyl (C=S) groups is 1. The monoisotopic (exact) mass is 369 g/mol. The fourth-order valence-electron chi connectivity index (χ4n) is 1.80. The van der Waals surface area contributed by atoms with Gasteiger partial charge >= 0.3 is 0 Å². The van der Waals surface area contributed by atoms with E-state index in [-0.39, 0.29) is 6.04 Å². The van der Waals surface area contributed by atoms with Gasteiger partial charge in [-0.1, -0.05) is 19.1 Å². The van der Waals surface area contributed by atoms with E-state index in [1.807, 2.05) is 24.4 Å². The van der Waals surface area contributed by atoms with Crippen LogP contribution in [-0.4, -0.2) is 9.97 Å². The molecule has 1 aromatic heterocycles. The highest BCUT2D eigenvalue weighted by atomic mass is 79.9. The number of benzene rings is 1. The summed E-state index contributed by atoms with van der Waals surface area (Å²) in [7, 11) is 0. The van der Waals surface area contributed by atoms with Gasteiger partial charge in [0.05, 0.1) is 6.04 Å². The summed E-state index contributed by atoms with van der Waals surface area (Å²) in [6.07, 6.45) is 2.97. The van der Waals surface area contributed by atoms with Crippen molar-refractivity contribution in [2.24, 2.45) is 5.73 Å². The number of rotatable bonds is 5. The topological polar surface area (TPSA) is 50.9 Å². The number of nitrogens with zero attached hydrogens (tertiary/aromatic N) is 1. The van der Waals surface area contributed by atoms with Crippen molar-refractivity contribution in [1.29, 1.82) is 0 Å². The van der Waals surface area contributed by atoms with Gasteiger partial charge in [-0.3, -0.25) is 0 Å². The molecular formula is C14H16BrN3S2. The Labute approximate surface area is 136 Å². The van der Waals surface area contributed by atoms with E-state index in [4.69, 9.17) is 18.0 Å². The van der Waals surface area contributed by atoms with Gasteiger partial charge in [0.1, 0.15) is 10.00 Å². The number of nitrogens with two attached hydrogens (primary N) is 1. The van der Waals surface area contributed by atoms with Crippen LogP contribution in [0.2, 0.25) is 0 Å². The van der Waals surface area contributed by atoms with E-state index in [2.05, 4.69) is 40.1 Å². The molecule has 1 unspecified atom stereocenters. The minimum Gasteiger partial charge on any atom is -0.389 e. The molecule has 0 fully saturated rings. The molecule has 0 amide bonds. The summed E-state index contributed by atoms with van der Waals surface area (Å²) in [5.41, 5.74) is 7.51. The quantitative estimate of drug-likeness (QED) is 0.772. The predicted octanol–water partition coefficient (Wildman–Crippen LogP) is 4.28. The Balaban J connectivity index is 2.13. The van der Waals surface area contributed by atoms with Gasteiger partial charge in [-0.05, 0) is 47.5 Å². The molecule has 106 valence electrons. The molecule has 0 saturated carbocycles. The number of nitrogens with one attached hydrogen (secondary N) is 1. The van der Waals surface area contributed by atoms with Crippen molar-refractivity contribution in [3.8, 4) is 0 Å². The van der Waals surface area contributed by atoms with Gasteiger partial charge in [0, 0.05) is 26.8 Å². The molecule has 1 heterocycles. The summed E-state index contributed by atoms with van der Waals surface area (Å²) >= 11 is 10.2. The third-order valence-corrected chi connectivity index (χ3v) is 5.11. The number of hydrogen-bond acceptors (Lipinski definition) is 4. The number of hydrogen-bond donors (Lipinski definition) is 2. The Bertz CT molecular complexity index is 625. The van der Waals surface area contributed by atoms with Gasteiger partial charge in [-0.25, -0.2) is 4.98 Å². The summed E-state index contributed by atoms with van der Waals surface area (Å²) < 4.78 is 0.899. The molecule has 1 aromatic carbocycles. The van der Waals surface area contributed by atoms with E-state index in [9.17, 15) is 0 Å². The highest BCUT2D eigenvalue weighted by Crippen LogP contribution is 2.27. The fourth-order valence-corrected chi connectivity index (χ4v) is 3.56. The number of halogens is 1. The molecule has 0 saturated heterocycles. The molecular weight excluding hydrogens is 354 g/mol. The van der Waals surface area contributed by atoms with Crippen LogP contribution in [0.4, 0.5) is 5.69 Å². The molecule has 0 bridgehead atoms. The normalized spacial score (nSPS) is 12.2. The summed E-state index contributed by atoms with van der Waals surface area (Å²) in [4.78, 5) is 6.15. The lowest BCUT2D eigenvalue weighted by molar-refractivity contribution is 0.869. The molecule has 0 radical (unpaired) electrons. The maximum atomic E-state index is 5.65. The first-order valence-corrected chi connectivity index (χ1v) is 8.33. The second kappa shape index (κ2) is 6.65. The van der Waals surface area contributed by atoms with E-state index in [1.165, 1.54) is 4.88 Å². The zero-order chi connectivity index (χ0) is 14.7. The van der Waals surface area contributed by atoms with Crippen molar-refractivity contribution in [2.75, 3.05) is 5.32 Å². The third-order valence-electron chi connectivity index (χ3n) is 2.91. The average molecular weight is 370 g/mol. The maximum absolute atomic E-state index is 5.65. The van der Waals surface area contributed by atoms with Gasteiger partial charge in [-0.15, -0.1) is 11.3 Å². The van der Waals surface area contributed by atoms with Crippen LogP contribution in [0.3, 0.4) is 0 Å². The molecule has 20 heavy (non-hydrogen) atoms. The van der Waals surface area contributed by atoms with Gasteiger partial charge in [0.25, 0.3) is 0 Å². The van der Waals surface area contributed by atoms with Crippen LogP contribution in [0.5, 0.6) is 0 Å². The van der Waals surface area contributed by atoms with Crippen molar-refractivity contribution < 1.29 is 0 Å².